The standard InChI is InChI=1S/C15H15NO3/c17-14(12-5-2-1-3-6-12)11-16-15(18)9-8-13-7-4-10-19-13/h1-7,10H,8-9,11H2,(H,16,18). The first kappa shape index (κ1) is 13.1. The van der Waals surface area contributed by atoms with E-state index in [1.165, 1.54) is 0 Å². The number of hydrogen-bond acceptors (Lipinski definition) is 3. The molecule has 0 saturated carbocycles. The van der Waals surface area contributed by atoms with E-state index in [0.717, 1.165) is 5.76 Å². The zero-order chi connectivity index (χ0) is 13.5. The summed E-state index contributed by atoms with van der Waals surface area (Å²) in [6.45, 7) is 0.0288. The van der Waals surface area contributed by atoms with Gasteiger partial charge in [-0.05, 0) is 12.1 Å². The largest absolute Gasteiger partial charge is 0.469 e. The molecule has 0 atom stereocenters. The SMILES string of the molecule is O=C(CCc1ccco1)NCC(=O)c1ccccc1. The zero-order valence-corrected chi connectivity index (χ0v) is 10.5. The molecule has 4 heteroatoms. The van der Waals surface area contributed by atoms with Gasteiger partial charge >= 0.3 is 0 Å². The molecular formula is C15H15NO3. The molecule has 19 heavy (non-hydrogen) atoms. The van der Waals surface area contributed by atoms with Crippen LogP contribution in [0.2, 0.25) is 0 Å². The Morgan fingerprint density at radius 3 is 2.53 bits per heavy atom. The third kappa shape index (κ3) is 4.10. The van der Waals surface area contributed by atoms with E-state index in [1.807, 2.05) is 12.1 Å². The average molecular weight is 257 g/mol. The van der Waals surface area contributed by atoms with Crippen LogP contribution < -0.4 is 5.32 Å². The van der Waals surface area contributed by atoms with Crippen molar-refractivity contribution in [1.29, 1.82) is 0 Å². The number of benzene rings is 1. The number of nitrogens with one attached hydrogen (secondary N) is 1. The Labute approximate surface area is 111 Å². The quantitative estimate of drug-likeness (QED) is 0.807. The molecule has 1 aromatic heterocycles. The van der Waals surface area contributed by atoms with Crippen molar-refractivity contribution in [3.05, 3.63) is 60.1 Å². The number of aryl methyl sites for hydroxylation is 1. The minimum atomic E-state index is -0.152. The van der Waals surface area contributed by atoms with Crippen molar-refractivity contribution in [2.24, 2.45) is 0 Å². The number of Topliss-reactive ketones (excluding diaryl/α,β-unsaturated/α-hetero) is 1. The van der Waals surface area contributed by atoms with Crippen LogP contribution in [0.3, 0.4) is 0 Å². The lowest BCUT2D eigenvalue weighted by atomic mass is 10.1. The second-order valence-corrected chi connectivity index (χ2v) is 4.15. The summed E-state index contributed by atoms with van der Waals surface area (Å²) >= 11 is 0. The van der Waals surface area contributed by atoms with E-state index in [0.29, 0.717) is 18.4 Å². The molecule has 2 aromatic rings. The van der Waals surface area contributed by atoms with Gasteiger partial charge in [-0.25, -0.2) is 0 Å². The molecule has 1 aromatic carbocycles. The van der Waals surface area contributed by atoms with Crippen LogP contribution in [-0.4, -0.2) is 18.2 Å². The molecule has 0 aliphatic carbocycles. The first-order valence-corrected chi connectivity index (χ1v) is 6.13. The van der Waals surface area contributed by atoms with Crippen molar-refractivity contribution in [2.75, 3.05) is 6.54 Å². The lowest BCUT2D eigenvalue weighted by Crippen LogP contribution is -2.29. The molecule has 0 unspecified atom stereocenters. The smallest absolute Gasteiger partial charge is 0.220 e. The molecule has 1 amide bonds. The van der Waals surface area contributed by atoms with Gasteiger partial charge in [0.2, 0.25) is 5.91 Å². The van der Waals surface area contributed by atoms with Gasteiger partial charge in [-0.3, -0.25) is 9.59 Å². The van der Waals surface area contributed by atoms with Crippen molar-refractivity contribution in [1.82, 2.24) is 5.32 Å². The molecule has 1 heterocycles. The van der Waals surface area contributed by atoms with Crippen molar-refractivity contribution in [2.45, 2.75) is 12.8 Å². The van der Waals surface area contributed by atoms with E-state index >= 15 is 0 Å². The number of carbonyl (C=O) groups is 2. The minimum Gasteiger partial charge on any atom is -0.469 e. The third-order valence-corrected chi connectivity index (χ3v) is 2.72. The number of furan rings is 1. The Bertz CT molecular complexity index is 532. The van der Waals surface area contributed by atoms with E-state index < -0.39 is 0 Å². The van der Waals surface area contributed by atoms with Crippen LogP contribution in [0.15, 0.2) is 53.1 Å². The Morgan fingerprint density at radius 2 is 1.84 bits per heavy atom. The summed E-state index contributed by atoms with van der Waals surface area (Å²) in [6.07, 6.45) is 2.43. The fourth-order valence-electron chi connectivity index (χ4n) is 1.68. The molecule has 0 aliphatic rings. The van der Waals surface area contributed by atoms with E-state index in [-0.39, 0.29) is 18.2 Å². The summed E-state index contributed by atoms with van der Waals surface area (Å²) in [5.41, 5.74) is 0.605. The highest BCUT2D eigenvalue weighted by molar-refractivity contribution is 5.99. The first-order chi connectivity index (χ1) is 9.25. The number of ketones is 1. The number of amides is 1. The van der Waals surface area contributed by atoms with Crippen LogP contribution in [0.5, 0.6) is 0 Å². The average Bonchev–Trinajstić information content (AvgIpc) is 2.96. The van der Waals surface area contributed by atoms with E-state index in [2.05, 4.69) is 5.32 Å². The molecule has 1 N–H and O–H groups in total. The maximum absolute atomic E-state index is 11.7. The lowest BCUT2D eigenvalue weighted by molar-refractivity contribution is -0.120. The van der Waals surface area contributed by atoms with Gasteiger partial charge in [0.1, 0.15) is 5.76 Å². The zero-order valence-electron chi connectivity index (χ0n) is 10.5. The van der Waals surface area contributed by atoms with Gasteiger partial charge in [0.25, 0.3) is 0 Å². The Hall–Kier alpha value is -2.36. The van der Waals surface area contributed by atoms with E-state index in [9.17, 15) is 9.59 Å². The third-order valence-electron chi connectivity index (χ3n) is 2.72. The molecule has 0 aliphatic heterocycles. The molecule has 0 radical (unpaired) electrons. The second kappa shape index (κ2) is 6.54. The van der Waals surface area contributed by atoms with Crippen LogP contribution in [0, 0.1) is 0 Å². The molecule has 0 saturated heterocycles. The molecule has 0 spiro atoms. The summed E-state index contributed by atoms with van der Waals surface area (Å²) in [4.78, 5) is 23.3. The predicted octanol–water partition coefficient (Wildman–Crippen LogP) is 2.21. The summed E-state index contributed by atoms with van der Waals surface area (Å²) in [6, 6.07) is 12.5. The van der Waals surface area contributed by atoms with Crippen LogP contribution >= 0.6 is 0 Å². The van der Waals surface area contributed by atoms with Crippen molar-refractivity contribution in [3.8, 4) is 0 Å². The molecule has 2 rings (SSSR count). The number of rotatable bonds is 6. The highest BCUT2D eigenvalue weighted by Crippen LogP contribution is 2.03. The van der Waals surface area contributed by atoms with Gasteiger partial charge in [-0.1, -0.05) is 30.3 Å². The fraction of sp³-hybridized carbons (Fsp3) is 0.200. The maximum atomic E-state index is 11.7. The number of hydrogen-bond donors (Lipinski definition) is 1. The van der Waals surface area contributed by atoms with Crippen molar-refractivity contribution in [3.63, 3.8) is 0 Å². The van der Waals surface area contributed by atoms with Gasteiger partial charge in [0.05, 0.1) is 12.8 Å². The highest BCUT2D eigenvalue weighted by atomic mass is 16.3. The maximum Gasteiger partial charge on any atom is 0.220 e. The van der Waals surface area contributed by atoms with Gasteiger partial charge in [-0.15, -0.1) is 0 Å². The highest BCUT2D eigenvalue weighted by Gasteiger charge is 2.08. The van der Waals surface area contributed by atoms with Gasteiger partial charge < -0.3 is 9.73 Å². The van der Waals surface area contributed by atoms with Gasteiger partial charge in [0.15, 0.2) is 5.78 Å². The van der Waals surface area contributed by atoms with E-state index in [1.54, 1.807) is 36.6 Å². The molecule has 0 bridgehead atoms. The summed E-state index contributed by atoms with van der Waals surface area (Å²) in [5, 5.41) is 2.61. The molecular weight excluding hydrogens is 242 g/mol. The molecule has 98 valence electrons. The summed E-state index contributed by atoms with van der Waals surface area (Å²) in [5.74, 6) is 0.525. The molecule has 0 fully saturated rings. The predicted molar refractivity (Wildman–Crippen MR) is 70.8 cm³/mol. The molecule has 4 nitrogen and oxygen atoms in total. The minimum absolute atomic E-state index is 0.0288. The second-order valence-electron chi connectivity index (χ2n) is 4.15. The van der Waals surface area contributed by atoms with Crippen LogP contribution in [-0.2, 0) is 11.2 Å². The number of carbonyl (C=O) groups excluding carboxylic acids is 2. The fourth-order valence-corrected chi connectivity index (χ4v) is 1.68. The summed E-state index contributed by atoms with van der Waals surface area (Å²) in [7, 11) is 0. The summed E-state index contributed by atoms with van der Waals surface area (Å²) < 4.78 is 5.13. The van der Waals surface area contributed by atoms with Gasteiger partial charge in [-0.2, -0.15) is 0 Å². The first-order valence-electron chi connectivity index (χ1n) is 6.13. The Morgan fingerprint density at radius 1 is 1.05 bits per heavy atom. The Kier molecular flexibility index (Phi) is 4.50. The van der Waals surface area contributed by atoms with Crippen molar-refractivity contribution < 1.29 is 14.0 Å². The topological polar surface area (TPSA) is 59.3 Å². The van der Waals surface area contributed by atoms with Crippen LogP contribution in [0.25, 0.3) is 0 Å². The van der Waals surface area contributed by atoms with Crippen LogP contribution in [0.1, 0.15) is 22.5 Å². The Balaban J connectivity index is 1.73. The van der Waals surface area contributed by atoms with Crippen molar-refractivity contribution >= 4 is 11.7 Å². The lowest BCUT2D eigenvalue weighted by Gasteiger charge is -2.04. The normalized spacial score (nSPS) is 10.1. The van der Waals surface area contributed by atoms with E-state index in [4.69, 9.17) is 4.42 Å². The monoisotopic (exact) mass is 257 g/mol. The van der Waals surface area contributed by atoms with Crippen LogP contribution in [0.4, 0.5) is 0 Å². The van der Waals surface area contributed by atoms with Gasteiger partial charge in [0, 0.05) is 18.4 Å².